The van der Waals surface area contributed by atoms with E-state index in [-0.39, 0.29) is 10.8 Å². The lowest BCUT2D eigenvalue weighted by molar-refractivity contribution is 0.422. The molecule has 0 radical (unpaired) electrons. The number of halogens is 2. The smallest absolute Gasteiger partial charge is 0.145 e. The van der Waals surface area contributed by atoms with Gasteiger partial charge in [0, 0.05) is 6.04 Å². The average Bonchev–Trinajstić information content (AvgIpc) is 2.37. The minimum absolute atomic E-state index is 0.218. The predicted molar refractivity (Wildman–Crippen MR) is 81.3 cm³/mol. The standard InChI is InChI=1S/C16H25ClFN/c1-4-10-19-14(9-8-12(2)3)11-13-6-5-7-15(17)16(13)18/h5-7,12,14,19H,4,8-11H2,1-3H3. The quantitative estimate of drug-likeness (QED) is 0.722. The molecular weight excluding hydrogens is 261 g/mol. The van der Waals surface area contributed by atoms with Crippen molar-refractivity contribution in [3.63, 3.8) is 0 Å². The third kappa shape index (κ3) is 5.92. The highest BCUT2D eigenvalue weighted by atomic mass is 35.5. The maximum Gasteiger partial charge on any atom is 0.145 e. The zero-order chi connectivity index (χ0) is 14.3. The second-order valence-electron chi connectivity index (χ2n) is 5.54. The van der Waals surface area contributed by atoms with Crippen molar-refractivity contribution in [1.29, 1.82) is 0 Å². The van der Waals surface area contributed by atoms with Crippen LogP contribution in [0.25, 0.3) is 0 Å². The Bertz CT molecular complexity index is 379. The van der Waals surface area contributed by atoms with E-state index in [0.29, 0.717) is 23.9 Å². The minimum atomic E-state index is -0.267. The van der Waals surface area contributed by atoms with E-state index in [1.165, 1.54) is 0 Å². The van der Waals surface area contributed by atoms with Crippen molar-refractivity contribution in [2.45, 2.75) is 52.5 Å². The van der Waals surface area contributed by atoms with Crippen LogP contribution in [0.3, 0.4) is 0 Å². The molecule has 0 spiro atoms. The van der Waals surface area contributed by atoms with Crippen LogP contribution in [0.4, 0.5) is 4.39 Å². The Morgan fingerprint density at radius 1 is 1.26 bits per heavy atom. The second-order valence-corrected chi connectivity index (χ2v) is 5.95. The first-order chi connectivity index (χ1) is 9.04. The Balaban J connectivity index is 2.66. The number of nitrogens with one attached hydrogen (secondary N) is 1. The highest BCUT2D eigenvalue weighted by molar-refractivity contribution is 6.30. The summed E-state index contributed by atoms with van der Waals surface area (Å²) in [5.41, 5.74) is 0.713. The van der Waals surface area contributed by atoms with Crippen molar-refractivity contribution < 1.29 is 4.39 Å². The zero-order valence-corrected chi connectivity index (χ0v) is 12.9. The van der Waals surface area contributed by atoms with Gasteiger partial charge in [-0.05, 0) is 49.8 Å². The van der Waals surface area contributed by atoms with E-state index in [1.54, 1.807) is 6.07 Å². The molecule has 1 nitrogen and oxygen atoms in total. The van der Waals surface area contributed by atoms with Gasteiger partial charge in [0.15, 0.2) is 0 Å². The van der Waals surface area contributed by atoms with Gasteiger partial charge in [0.25, 0.3) is 0 Å². The van der Waals surface area contributed by atoms with Gasteiger partial charge in [-0.25, -0.2) is 4.39 Å². The molecule has 0 aliphatic carbocycles. The number of hydrogen-bond donors (Lipinski definition) is 1. The molecule has 0 aliphatic rings. The molecule has 1 aromatic rings. The molecule has 0 fully saturated rings. The van der Waals surface area contributed by atoms with E-state index in [9.17, 15) is 4.39 Å². The van der Waals surface area contributed by atoms with Crippen LogP contribution in [-0.4, -0.2) is 12.6 Å². The molecule has 0 amide bonds. The second kappa shape index (κ2) is 8.55. The monoisotopic (exact) mass is 285 g/mol. The number of rotatable bonds is 8. The normalized spacial score (nSPS) is 12.9. The molecule has 0 saturated carbocycles. The Labute approximate surface area is 121 Å². The van der Waals surface area contributed by atoms with Gasteiger partial charge in [-0.15, -0.1) is 0 Å². The molecular formula is C16H25ClFN. The largest absolute Gasteiger partial charge is 0.314 e. The Morgan fingerprint density at radius 3 is 2.63 bits per heavy atom. The van der Waals surface area contributed by atoms with E-state index < -0.39 is 0 Å². The molecule has 1 N–H and O–H groups in total. The third-order valence-electron chi connectivity index (χ3n) is 3.27. The molecule has 1 atom stereocenters. The van der Waals surface area contributed by atoms with Gasteiger partial charge >= 0.3 is 0 Å². The molecule has 1 aromatic carbocycles. The lowest BCUT2D eigenvalue weighted by atomic mass is 9.97. The minimum Gasteiger partial charge on any atom is -0.314 e. The summed E-state index contributed by atoms with van der Waals surface area (Å²) in [6.07, 6.45) is 4.03. The summed E-state index contributed by atoms with van der Waals surface area (Å²) in [6, 6.07) is 5.58. The summed E-state index contributed by atoms with van der Waals surface area (Å²) in [4.78, 5) is 0. The van der Waals surface area contributed by atoms with Crippen LogP contribution in [0.5, 0.6) is 0 Å². The predicted octanol–water partition coefficient (Wildman–Crippen LogP) is 4.83. The van der Waals surface area contributed by atoms with Gasteiger partial charge in [0.1, 0.15) is 5.82 Å². The molecule has 108 valence electrons. The lowest BCUT2D eigenvalue weighted by Crippen LogP contribution is -2.32. The van der Waals surface area contributed by atoms with Crippen molar-refractivity contribution in [1.82, 2.24) is 5.32 Å². The van der Waals surface area contributed by atoms with Gasteiger partial charge < -0.3 is 5.32 Å². The molecule has 0 aromatic heterocycles. The molecule has 0 aliphatic heterocycles. The third-order valence-corrected chi connectivity index (χ3v) is 3.57. The fourth-order valence-electron chi connectivity index (χ4n) is 2.13. The first-order valence-corrected chi connectivity index (χ1v) is 7.58. The topological polar surface area (TPSA) is 12.0 Å². The van der Waals surface area contributed by atoms with Crippen LogP contribution in [0.1, 0.15) is 45.6 Å². The molecule has 19 heavy (non-hydrogen) atoms. The molecule has 3 heteroatoms. The molecule has 1 rings (SSSR count). The summed E-state index contributed by atoms with van der Waals surface area (Å²) in [6.45, 7) is 7.56. The SMILES string of the molecule is CCCNC(CCC(C)C)Cc1cccc(Cl)c1F. The fraction of sp³-hybridized carbons (Fsp3) is 0.625. The van der Waals surface area contributed by atoms with Gasteiger partial charge in [-0.1, -0.05) is 44.5 Å². The van der Waals surface area contributed by atoms with E-state index in [4.69, 9.17) is 11.6 Å². The molecule has 0 bridgehead atoms. The summed E-state index contributed by atoms with van der Waals surface area (Å²) < 4.78 is 13.9. The van der Waals surface area contributed by atoms with Crippen LogP contribution in [0, 0.1) is 11.7 Å². The highest BCUT2D eigenvalue weighted by Gasteiger charge is 2.13. The van der Waals surface area contributed by atoms with Crippen molar-refractivity contribution in [2.75, 3.05) is 6.54 Å². The van der Waals surface area contributed by atoms with Crippen LogP contribution in [-0.2, 0) is 6.42 Å². The van der Waals surface area contributed by atoms with Gasteiger partial charge in [-0.2, -0.15) is 0 Å². The van der Waals surface area contributed by atoms with Crippen LogP contribution >= 0.6 is 11.6 Å². The van der Waals surface area contributed by atoms with Crippen LogP contribution < -0.4 is 5.32 Å². The van der Waals surface area contributed by atoms with Crippen molar-refractivity contribution in [3.8, 4) is 0 Å². The fourth-order valence-corrected chi connectivity index (χ4v) is 2.32. The van der Waals surface area contributed by atoms with Crippen molar-refractivity contribution >= 4 is 11.6 Å². The Morgan fingerprint density at radius 2 is 2.00 bits per heavy atom. The Hall–Kier alpha value is -0.600. The van der Waals surface area contributed by atoms with Gasteiger partial charge in [-0.3, -0.25) is 0 Å². The summed E-state index contributed by atoms with van der Waals surface area (Å²) in [7, 11) is 0. The molecule has 0 heterocycles. The van der Waals surface area contributed by atoms with Crippen LogP contribution in [0.15, 0.2) is 18.2 Å². The Kier molecular flexibility index (Phi) is 7.40. The maximum atomic E-state index is 13.9. The van der Waals surface area contributed by atoms with E-state index in [1.807, 2.05) is 12.1 Å². The van der Waals surface area contributed by atoms with Crippen molar-refractivity contribution in [2.24, 2.45) is 5.92 Å². The van der Waals surface area contributed by atoms with E-state index in [0.717, 1.165) is 25.8 Å². The van der Waals surface area contributed by atoms with E-state index in [2.05, 4.69) is 26.1 Å². The lowest BCUT2D eigenvalue weighted by Gasteiger charge is -2.20. The van der Waals surface area contributed by atoms with E-state index >= 15 is 0 Å². The van der Waals surface area contributed by atoms with Gasteiger partial charge in [0.05, 0.1) is 5.02 Å². The summed E-state index contributed by atoms with van der Waals surface area (Å²) in [5.74, 6) is 0.409. The average molecular weight is 286 g/mol. The summed E-state index contributed by atoms with van der Waals surface area (Å²) >= 11 is 5.83. The highest BCUT2D eigenvalue weighted by Crippen LogP contribution is 2.20. The maximum absolute atomic E-state index is 13.9. The first-order valence-electron chi connectivity index (χ1n) is 7.20. The van der Waals surface area contributed by atoms with Gasteiger partial charge in [0.2, 0.25) is 0 Å². The number of benzene rings is 1. The number of hydrogen-bond acceptors (Lipinski definition) is 1. The van der Waals surface area contributed by atoms with Crippen molar-refractivity contribution in [3.05, 3.63) is 34.6 Å². The molecule has 0 saturated heterocycles. The molecule has 1 unspecified atom stereocenters. The first kappa shape index (κ1) is 16.5. The summed E-state index contributed by atoms with van der Waals surface area (Å²) in [5, 5.41) is 3.73. The van der Waals surface area contributed by atoms with Crippen LogP contribution in [0.2, 0.25) is 5.02 Å². The zero-order valence-electron chi connectivity index (χ0n) is 12.2.